The Balaban J connectivity index is 1.68. The van der Waals surface area contributed by atoms with Crippen molar-refractivity contribution in [2.24, 2.45) is 0 Å². The van der Waals surface area contributed by atoms with E-state index in [-0.39, 0.29) is 17.2 Å². The van der Waals surface area contributed by atoms with Gasteiger partial charge >= 0.3 is 6.61 Å². The van der Waals surface area contributed by atoms with Gasteiger partial charge in [0.25, 0.3) is 5.91 Å². The highest BCUT2D eigenvalue weighted by molar-refractivity contribution is 6.30. The molecule has 0 saturated carbocycles. The molecule has 2 aromatic carbocycles. The summed E-state index contributed by atoms with van der Waals surface area (Å²) in [6.07, 6.45) is 0. The highest BCUT2D eigenvalue weighted by Gasteiger charge is 2.25. The van der Waals surface area contributed by atoms with Crippen LogP contribution in [0.2, 0.25) is 5.02 Å². The molecule has 0 aromatic heterocycles. The van der Waals surface area contributed by atoms with Crippen LogP contribution in [-0.4, -0.2) is 43.6 Å². The second-order valence-corrected chi connectivity index (χ2v) is 6.07. The number of carbonyl (C=O) groups is 1. The number of halogens is 3. The van der Waals surface area contributed by atoms with E-state index in [2.05, 4.69) is 9.64 Å². The molecule has 3 rings (SSSR count). The lowest BCUT2D eigenvalue weighted by atomic mass is 10.1. The van der Waals surface area contributed by atoms with Crippen molar-refractivity contribution < 1.29 is 18.3 Å². The Bertz CT molecular complexity index is 749. The van der Waals surface area contributed by atoms with Gasteiger partial charge in [-0.3, -0.25) is 4.79 Å². The molecule has 1 aliphatic rings. The van der Waals surface area contributed by atoms with Crippen LogP contribution in [0, 0.1) is 0 Å². The standard InChI is InChI=1S/C18H17ClF2N2O2/c19-13-4-3-5-14(12-13)22-8-10-23(11-9-22)17(24)15-6-1-2-7-16(15)25-18(20)21/h1-7,12,18H,8-11H2. The molecule has 132 valence electrons. The van der Waals surface area contributed by atoms with E-state index < -0.39 is 6.61 Å². The van der Waals surface area contributed by atoms with Crippen molar-refractivity contribution in [1.29, 1.82) is 0 Å². The smallest absolute Gasteiger partial charge is 0.387 e. The van der Waals surface area contributed by atoms with E-state index in [1.165, 1.54) is 12.1 Å². The van der Waals surface area contributed by atoms with Gasteiger partial charge < -0.3 is 14.5 Å². The molecule has 4 nitrogen and oxygen atoms in total. The molecule has 2 aromatic rings. The number of para-hydroxylation sites is 1. The van der Waals surface area contributed by atoms with Crippen LogP contribution in [0.4, 0.5) is 14.5 Å². The lowest BCUT2D eigenvalue weighted by molar-refractivity contribution is -0.0502. The summed E-state index contributed by atoms with van der Waals surface area (Å²) in [5.74, 6) is -0.401. The topological polar surface area (TPSA) is 32.8 Å². The Labute approximate surface area is 149 Å². The van der Waals surface area contributed by atoms with Gasteiger partial charge in [-0.2, -0.15) is 8.78 Å². The summed E-state index contributed by atoms with van der Waals surface area (Å²) in [6.45, 7) is -0.690. The number of benzene rings is 2. The molecule has 0 bridgehead atoms. The van der Waals surface area contributed by atoms with Crippen molar-refractivity contribution in [2.45, 2.75) is 6.61 Å². The van der Waals surface area contributed by atoms with Crippen LogP contribution in [0.25, 0.3) is 0 Å². The summed E-state index contributed by atoms with van der Waals surface area (Å²) in [7, 11) is 0. The molecule has 0 unspecified atom stereocenters. The number of rotatable bonds is 4. The van der Waals surface area contributed by atoms with Crippen LogP contribution in [-0.2, 0) is 0 Å². The first-order valence-corrected chi connectivity index (χ1v) is 8.26. The summed E-state index contributed by atoms with van der Waals surface area (Å²) in [5, 5.41) is 0.661. The Kier molecular flexibility index (Phi) is 5.38. The first kappa shape index (κ1) is 17.5. The highest BCUT2D eigenvalue weighted by atomic mass is 35.5. The number of hydrogen-bond donors (Lipinski definition) is 0. The summed E-state index contributed by atoms with van der Waals surface area (Å²) >= 11 is 6.02. The maximum absolute atomic E-state index is 12.7. The molecule has 1 heterocycles. The molecular weight excluding hydrogens is 350 g/mol. The van der Waals surface area contributed by atoms with Crippen LogP contribution in [0.5, 0.6) is 5.75 Å². The fourth-order valence-electron chi connectivity index (χ4n) is 2.85. The number of ether oxygens (including phenoxy) is 1. The van der Waals surface area contributed by atoms with E-state index in [0.717, 1.165) is 5.69 Å². The van der Waals surface area contributed by atoms with E-state index in [1.807, 2.05) is 24.3 Å². The average Bonchev–Trinajstić information content (AvgIpc) is 2.61. The number of nitrogens with zero attached hydrogens (tertiary/aromatic N) is 2. The van der Waals surface area contributed by atoms with Gasteiger partial charge in [0.15, 0.2) is 0 Å². The van der Waals surface area contributed by atoms with E-state index in [1.54, 1.807) is 17.0 Å². The van der Waals surface area contributed by atoms with Gasteiger partial charge in [0.2, 0.25) is 0 Å². The van der Waals surface area contributed by atoms with Crippen LogP contribution >= 0.6 is 11.6 Å². The normalized spacial score (nSPS) is 14.7. The third-order valence-corrected chi connectivity index (χ3v) is 4.31. The van der Waals surface area contributed by atoms with Gasteiger partial charge in [-0.05, 0) is 30.3 Å². The third-order valence-electron chi connectivity index (χ3n) is 4.07. The number of amides is 1. The van der Waals surface area contributed by atoms with E-state index in [0.29, 0.717) is 31.2 Å². The molecule has 1 amide bonds. The van der Waals surface area contributed by atoms with Gasteiger partial charge in [-0.25, -0.2) is 0 Å². The minimum atomic E-state index is -2.96. The zero-order valence-corrected chi connectivity index (χ0v) is 14.1. The molecule has 7 heteroatoms. The molecule has 1 aliphatic heterocycles. The van der Waals surface area contributed by atoms with Gasteiger partial charge in [-0.15, -0.1) is 0 Å². The van der Waals surface area contributed by atoms with Crippen molar-refractivity contribution in [3.05, 3.63) is 59.1 Å². The predicted molar refractivity (Wildman–Crippen MR) is 92.6 cm³/mol. The summed E-state index contributed by atoms with van der Waals surface area (Å²) in [6, 6.07) is 13.6. The zero-order chi connectivity index (χ0) is 17.8. The number of hydrogen-bond acceptors (Lipinski definition) is 3. The fraction of sp³-hybridized carbons (Fsp3) is 0.278. The predicted octanol–water partition coefficient (Wildman–Crippen LogP) is 3.90. The average molecular weight is 367 g/mol. The minimum Gasteiger partial charge on any atom is -0.434 e. The molecule has 25 heavy (non-hydrogen) atoms. The van der Waals surface area contributed by atoms with Gasteiger partial charge in [0.1, 0.15) is 5.75 Å². The molecule has 0 spiro atoms. The van der Waals surface area contributed by atoms with Crippen molar-refractivity contribution in [3.63, 3.8) is 0 Å². The van der Waals surface area contributed by atoms with E-state index >= 15 is 0 Å². The Morgan fingerprint density at radius 1 is 1.04 bits per heavy atom. The first-order valence-electron chi connectivity index (χ1n) is 7.88. The molecule has 1 saturated heterocycles. The monoisotopic (exact) mass is 366 g/mol. The minimum absolute atomic E-state index is 0.0974. The maximum Gasteiger partial charge on any atom is 0.387 e. The number of alkyl halides is 2. The third kappa shape index (κ3) is 4.20. The summed E-state index contributed by atoms with van der Waals surface area (Å²) < 4.78 is 29.5. The Morgan fingerprint density at radius 2 is 1.76 bits per heavy atom. The van der Waals surface area contributed by atoms with Gasteiger partial charge in [0, 0.05) is 36.9 Å². The quantitative estimate of drug-likeness (QED) is 0.822. The second kappa shape index (κ2) is 7.70. The van der Waals surface area contributed by atoms with E-state index in [9.17, 15) is 13.6 Å². The fourth-order valence-corrected chi connectivity index (χ4v) is 3.04. The number of piperazine rings is 1. The second-order valence-electron chi connectivity index (χ2n) is 5.63. The maximum atomic E-state index is 12.7. The molecule has 0 N–H and O–H groups in total. The van der Waals surface area contributed by atoms with Gasteiger partial charge in [0.05, 0.1) is 5.56 Å². The van der Waals surface area contributed by atoms with Crippen molar-refractivity contribution in [1.82, 2.24) is 4.90 Å². The molecule has 0 atom stereocenters. The molecule has 0 radical (unpaired) electrons. The van der Waals surface area contributed by atoms with Crippen LogP contribution in [0.3, 0.4) is 0 Å². The number of carbonyl (C=O) groups excluding carboxylic acids is 1. The molecule has 0 aliphatic carbocycles. The zero-order valence-electron chi connectivity index (χ0n) is 13.4. The molecular formula is C18H17ClF2N2O2. The SMILES string of the molecule is O=C(c1ccccc1OC(F)F)N1CCN(c2cccc(Cl)c2)CC1. The summed E-state index contributed by atoms with van der Waals surface area (Å²) in [4.78, 5) is 16.4. The van der Waals surface area contributed by atoms with Crippen molar-refractivity contribution >= 4 is 23.2 Å². The number of anilines is 1. The van der Waals surface area contributed by atoms with Gasteiger partial charge in [-0.1, -0.05) is 29.8 Å². The first-order chi connectivity index (χ1) is 12.0. The summed E-state index contributed by atoms with van der Waals surface area (Å²) in [5.41, 5.74) is 1.15. The van der Waals surface area contributed by atoms with Crippen molar-refractivity contribution in [3.8, 4) is 5.75 Å². The molecule has 1 fully saturated rings. The van der Waals surface area contributed by atoms with Crippen LogP contribution in [0.1, 0.15) is 10.4 Å². The van der Waals surface area contributed by atoms with Crippen LogP contribution in [0.15, 0.2) is 48.5 Å². The Hall–Kier alpha value is -2.34. The largest absolute Gasteiger partial charge is 0.434 e. The lowest BCUT2D eigenvalue weighted by Gasteiger charge is -2.36. The highest BCUT2D eigenvalue weighted by Crippen LogP contribution is 2.24. The van der Waals surface area contributed by atoms with Crippen LogP contribution < -0.4 is 9.64 Å². The van der Waals surface area contributed by atoms with Crippen molar-refractivity contribution in [2.75, 3.05) is 31.1 Å². The Morgan fingerprint density at radius 3 is 2.44 bits per heavy atom. The van der Waals surface area contributed by atoms with E-state index in [4.69, 9.17) is 11.6 Å². The lowest BCUT2D eigenvalue weighted by Crippen LogP contribution is -2.48.